The number of nitrogens with one attached hydrogen (secondary N) is 2. The summed E-state index contributed by atoms with van der Waals surface area (Å²) >= 11 is 0. The van der Waals surface area contributed by atoms with Crippen molar-refractivity contribution in [2.45, 2.75) is 25.8 Å². The Kier molecular flexibility index (Phi) is 4.77. The largest absolute Gasteiger partial charge is 0.325 e. The van der Waals surface area contributed by atoms with Crippen LogP contribution in [0.25, 0.3) is 0 Å². The minimum atomic E-state index is -0.00878. The Hall–Kier alpha value is -1.06. The van der Waals surface area contributed by atoms with Crippen LogP contribution < -0.4 is 10.6 Å². The van der Waals surface area contributed by atoms with E-state index in [0.29, 0.717) is 0 Å². The molecule has 0 saturated carbocycles. The third-order valence-corrected chi connectivity index (χ3v) is 2.66. The zero-order valence-electron chi connectivity index (χ0n) is 9.32. The van der Waals surface area contributed by atoms with E-state index in [0.717, 1.165) is 30.6 Å². The standard InChI is InChI=1S/C12H16N2O.ClH/c1-9-4-2-5-10(8-9)14-12(15)11-6-3-7-13-11;/h2,4-5,8,11,13H,3,6-7H2,1H3,(H,14,15);1H. The molecule has 1 aliphatic heterocycles. The molecule has 88 valence electrons. The molecule has 3 nitrogen and oxygen atoms in total. The molecule has 0 radical (unpaired) electrons. The normalized spacial score (nSPS) is 18.9. The second-order valence-electron chi connectivity index (χ2n) is 4.01. The van der Waals surface area contributed by atoms with Gasteiger partial charge in [0.1, 0.15) is 0 Å². The molecule has 1 atom stereocenters. The van der Waals surface area contributed by atoms with Gasteiger partial charge in [-0.15, -0.1) is 12.4 Å². The van der Waals surface area contributed by atoms with Crippen molar-refractivity contribution in [2.24, 2.45) is 0 Å². The first kappa shape index (κ1) is 13.0. The number of amides is 1. The van der Waals surface area contributed by atoms with Crippen LogP contribution in [0.15, 0.2) is 24.3 Å². The third-order valence-electron chi connectivity index (χ3n) is 2.66. The van der Waals surface area contributed by atoms with Crippen LogP contribution in [-0.4, -0.2) is 18.5 Å². The molecule has 1 aromatic carbocycles. The molecule has 1 heterocycles. The van der Waals surface area contributed by atoms with Crippen molar-refractivity contribution >= 4 is 24.0 Å². The van der Waals surface area contributed by atoms with Crippen LogP contribution in [0.1, 0.15) is 18.4 Å². The molecule has 1 fully saturated rings. The zero-order chi connectivity index (χ0) is 10.7. The second kappa shape index (κ2) is 5.87. The maximum atomic E-state index is 11.8. The topological polar surface area (TPSA) is 41.1 Å². The fraction of sp³-hybridized carbons (Fsp3) is 0.417. The van der Waals surface area contributed by atoms with Crippen LogP contribution in [0.3, 0.4) is 0 Å². The van der Waals surface area contributed by atoms with Crippen molar-refractivity contribution in [3.8, 4) is 0 Å². The van der Waals surface area contributed by atoms with Gasteiger partial charge in [0.05, 0.1) is 6.04 Å². The Labute approximate surface area is 102 Å². The van der Waals surface area contributed by atoms with E-state index in [9.17, 15) is 4.79 Å². The van der Waals surface area contributed by atoms with Crippen LogP contribution in [0, 0.1) is 6.92 Å². The number of aryl methyl sites for hydroxylation is 1. The van der Waals surface area contributed by atoms with Gasteiger partial charge in [-0.2, -0.15) is 0 Å². The molecule has 1 aromatic rings. The van der Waals surface area contributed by atoms with Gasteiger partial charge in [0.2, 0.25) is 5.91 Å². The Balaban J connectivity index is 0.00000128. The van der Waals surface area contributed by atoms with Crippen molar-refractivity contribution in [1.29, 1.82) is 0 Å². The second-order valence-corrected chi connectivity index (χ2v) is 4.01. The Morgan fingerprint density at radius 2 is 2.31 bits per heavy atom. The summed E-state index contributed by atoms with van der Waals surface area (Å²) in [7, 11) is 0. The fourth-order valence-electron chi connectivity index (χ4n) is 1.86. The number of halogens is 1. The van der Waals surface area contributed by atoms with Crippen molar-refractivity contribution in [2.75, 3.05) is 11.9 Å². The lowest BCUT2D eigenvalue weighted by atomic mass is 10.2. The maximum Gasteiger partial charge on any atom is 0.241 e. The predicted octanol–water partition coefficient (Wildman–Crippen LogP) is 2.11. The summed E-state index contributed by atoms with van der Waals surface area (Å²) in [5, 5.41) is 6.10. The molecule has 1 unspecified atom stereocenters. The summed E-state index contributed by atoms with van der Waals surface area (Å²) in [5.41, 5.74) is 2.04. The summed E-state index contributed by atoms with van der Waals surface area (Å²) in [6.45, 7) is 2.97. The molecule has 1 aliphatic rings. The molecular formula is C12H17ClN2O. The number of hydrogen-bond donors (Lipinski definition) is 2. The van der Waals surface area contributed by atoms with Gasteiger partial charge in [-0.3, -0.25) is 4.79 Å². The SMILES string of the molecule is Cc1cccc(NC(=O)C2CCCN2)c1.Cl. The fourth-order valence-corrected chi connectivity index (χ4v) is 1.86. The number of benzene rings is 1. The molecule has 0 bridgehead atoms. The summed E-state index contributed by atoms with van der Waals surface area (Å²) in [6, 6.07) is 7.86. The lowest BCUT2D eigenvalue weighted by Gasteiger charge is -2.11. The summed E-state index contributed by atoms with van der Waals surface area (Å²) in [4.78, 5) is 11.8. The summed E-state index contributed by atoms with van der Waals surface area (Å²) in [6.07, 6.45) is 2.03. The molecule has 0 aliphatic carbocycles. The average molecular weight is 241 g/mol. The summed E-state index contributed by atoms with van der Waals surface area (Å²) in [5.74, 6) is 0.0816. The Morgan fingerprint density at radius 3 is 2.94 bits per heavy atom. The number of carbonyl (C=O) groups excluding carboxylic acids is 1. The molecular weight excluding hydrogens is 224 g/mol. The van der Waals surface area contributed by atoms with E-state index in [1.54, 1.807) is 0 Å². The minimum absolute atomic E-state index is 0. The van der Waals surface area contributed by atoms with Gasteiger partial charge >= 0.3 is 0 Å². The third kappa shape index (κ3) is 3.22. The first-order valence-corrected chi connectivity index (χ1v) is 5.36. The van der Waals surface area contributed by atoms with Crippen molar-refractivity contribution in [3.63, 3.8) is 0 Å². The molecule has 16 heavy (non-hydrogen) atoms. The van der Waals surface area contributed by atoms with Crippen LogP contribution in [-0.2, 0) is 4.79 Å². The van der Waals surface area contributed by atoms with E-state index in [2.05, 4.69) is 10.6 Å². The lowest BCUT2D eigenvalue weighted by Crippen LogP contribution is -2.35. The first-order valence-electron chi connectivity index (χ1n) is 5.36. The monoisotopic (exact) mass is 240 g/mol. The number of anilines is 1. The highest BCUT2D eigenvalue weighted by Gasteiger charge is 2.21. The maximum absolute atomic E-state index is 11.8. The van der Waals surface area contributed by atoms with E-state index < -0.39 is 0 Å². The molecule has 1 saturated heterocycles. The van der Waals surface area contributed by atoms with Gasteiger partial charge in [-0.25, -0.2) is 0 Å². The zero-order valence-corrected chi connectivity index (χ0v) is 10.1. The Bertz CT molecular complexity index is 362. The van der Waals surface area contributed by atoms with Crippen LogP contribution in [0.4, 0.5) is 5.69 Å². The molecule has 2 rings (SSSR count). The van der Waals surface area contributed by atoms with Gasteiger partial charge in [0, 0.05) is 5.69 Å². The quantitative estimate of drug-likeness (QED) is 0.832. The van der Waals surface area contributed by atoms with E-state index in [1.807, 2.05) is 31.2 Å². The molecule has 0 spiro atoms. The highest BCUT2D eigenvalue weighted by Crippen LogP contribution is 2.12. The minimum Gasteiger partial charge on any atom is -0.325 e. The smallest absolute Gasteiger partial charge is 0.241 e. The van der Waals surface area contributed by atoms with Gasteiger partial charge in [-0.05, 0) is 44.0 Å². The van der Waals surface area contributed by atoms with Crippen molar-refractivity contribution < 1.29 is 4.79 Å². The van der Waals surface area contributed by atoms with E-state index in [1.165, 1.54) is 0 Å². The van der Waals surface area contributed by atoms with Crippen molar-refractivity contribution in [1.82, 2.24) is 5.32 Å². The molecule has 1 amide bonds. The van der Waals surface area contributed by atoms with Gasteiger partial charge < -0.3 is 10.6 Å². The Morgan fingerprint density at radius 1 is 1.50 bits per heavy atom. The number of hydrogen-bond acceptors (Lipinski definition) is 2. The van der Waals surface area contributed by atoms with Gasteiger partial charge in [0.25, 0.3) is 0 Å². The van der Waals surface area contributed by atoms with E-state index in [4.69, 9.17) is 0 Å². The number of rotatable bonds is 2. The van der Waals surface area contributed by atoms with Gasteiger partial charge in [-0.1, -0.05) is 12.1 Å². The number of carbonyl (C=O) groups is 1. The van der Waals surface area contributed by atoms with Crippen molar-refractivity contribution in [3.05, 3.63) is 29.8 Å². The van der Waals surface area contributed by atoms with Crippen LogP contribution in [0.2, 0.25) is 0 Å². The van der Waals surface area contributed by atoms with Crippen LogP contribution >= 0.6 is 12.4 Å². The molecule has 0 aromatic heterocycles. The molecule has 2 N–H and O–H groups in total. The highest BCUT2D eigenvalue weighted by atomic mass is 35.5. The van der Waals surface area contributed by atoms with Crippen LogP contribution in [0.5, 0.6) is 0 Å². The average Bonchev–Trinajstić information content (AvgIpc) is 2.70. The van der Waals surface area contributed by atoms with E-state index in [-0.39, 0.29) is 24.4 Å². The van der Waals surface area contributed by atoms with E-state index >= 15 is 0 Å². The first-order chi connectivity index (χ1) is 7.25. The summed E-state index contributed by atoms with van der Waals surface area (Å²) < 4.78 is 0. The van der Waals surface area contributed by atoms with Gasteiger partial charge in [0.15, 0.2) is 0 Å². The lowest BCUT2D eigenvalue weighted by molar-refractivity contribution is -0.117. The highest BCUT2D eigenvalue weighted by molar-refractivity contribution is 5.95. The predicted molar refractivity (Wildman–Crippen MR) is 68.1 cm³/mol. The molecule has 4 heteroatoms.